The van der Waals surface area contributed by atoms with Gasteiger partial charge in [0.05, 0.1) is 6.26 Å². The van der Waals surface area contributed by atoms with Gasteiger partial charge >= 0.3 is 0 Å². The lowest BCUT2D eigenvalue weighted by Gasteiger charge is -2.18. The molecule has 4 aromatic rings. The lowest BCUT2D eigenvalue weighted by Crippen LogP contribution is -2.45. The van der Waals surface area contributed by atoms with Gasteiger partial charge in [0, 0.05) is 30.6 Å². The SMILES string of the molecule is O=C(N[C@@H](Cc1ccccc1)C(=O)Nc1ccc(-c2nnc3n2CCCCC3)cc1)c1ccco1. The van der Waals surface area contributed by atoms with Crippen LogP contribution in [0.2, 0.25) is 0 Å². The van der Waals surface area contributed by atoms with Crippen LogP contribution in [-0.4, -0.2) is 32.6 Å². The molecule has 0 saturated heterocycles. The molecule has 2 aromatic heterocycles. The lowest BCUT2D eigenvalue weighted by atomic mass is 10.0. The molecule has 0 radical (unpaired) electrons. The molecule has 5 rings (SSSR count). The number of aryl methyl sites for hydroxylation is 1. The van der Waals surface area contributed by atoms with Gasteiger partial charge in [0.15, 0.2) is 11.6 Å². The standard InChI is InChI=1S/C27H27N5O3/c33-26(22(18-19-8-3-1-4-9-19)29-27(34)23-10-7-17-35-23)28-21-14-12-20(13-15-21)25-31-30-24-11-5-2-6-16-32(24)25/h1,3-4,7-10,12-15,17,22H,2,5-6,11,16,18H2,(H,28,33)(H,29,34)/t22-/m0/s1. The molecular formula is C27H27N5O3. The highest BCUT2D eigenvalue weighted by Gasteiger charge is 2.23. The Balaban J connectivity index is 1.31. The fourth-order valence-corrected chi connectivity index (χ4v) is 4.33. The molecule has 178 valence electrons. The second-order valence-corrected chi connectivity index (χ2v) is 8.66. The number of nitrogens with zero attached hydrogens (tertiary/aromatic N) is 3. The maximum Gasteiger partial charge on any atom is 0.287 e. The van der Waals surface area contributed by atoms with Crippen LogP contribution in [0.15, 0.2) is 77.4 Å². The molecule has 0 aliphatic carbocycles. The summed E-state index contributed by atoms with van der Waals surface area (Å²) in [7, 11) is 0. The van der Waals surface area contributed by atoms with Crippen molar-refractivity contribution in [2.24, 2.45) is 0 Å². The number of rotatable bonds is 7. The van der Waals surface area contributed by atoms with E-state index in [1.165, 1.54) is 12.7 Å². The van der Waals surface area contributed by atoms with E-state index < -0.39 is 11.9 Å². The van der Waals surface area contributed by atoms with E-state index in [0.717, 1.165) is 48.6 Å². The summed E-state index contributed by atoms with van der Waals surface area (Å²) in [6, 6.07) is 19.6. The second-order valence-electron chi connectivity index (χ2n) is 8.66. The zero-order valence-corrected chi connectivity index (χ0v) is 19.3. The highest BCUT2D eigenvalue weighted by Crippen LogP contribution is 2.24. The van der Waals surface area contributed by atoms with Crippen LogP contribution < -0.4 is 10.6 Å². The summed E-state index contributed by atoms with van der Waals surface area (Å²) in [4.78, 5) is 25.8. The number of anilines is 1. The van der Waals surface area contributed by atoms with Crippen molar-refractivity contribution in [2.45, 2.75) is 44.7 Å². The van der Waals surface area contributed by atoms with Gasteiger partial charge in [0.1, 0.15) is 11.9 Å². The van der Waals surface area contributed by atoms with Crippen LogP contribution in [0.1, 0.15) is 41.2 Å². The Labute approximate surface area is 203 Å². The first kappa shape index (κ1) is 22.6. The van der Waals surface area contributed by atoms with E-state index in [0.29, 0.717) is 12.1 Å². The summed E-state index contributed by atoms with van der Waals surface area (Å²) in [6.07, 6.45) is 6.20. The summed E-state index contributed by atoms with van der Waals surface area (Å²) in [5.74, 6) is 1.30. The van der Waals surface area contributed by atoms with Crippen LogP contribution in [0.25, 0.3) is 11.4 Å². The first-order valence-electron chi connectivity index (χ1n) is 11.9. The zero-order valence-electron chi connectivity index (χ0n) is 19.3. The van der Waals surface area contributed by atoms with E-state index in [1.54, 1.807) is 12.1 Å². The van der Waals surface area contributed by atoms with Crippen LogP contribution in [-0.2, 0) is 24.2 Å². The van der Waals surface area contributed by atoms with E-state index in [4.69, 9.17) is 4.42 Å². The Morgan fingerprint density at radius 1 is 0.943 bits per heavy atom. The summed E-state index contributed by atoms with van der Waals surface area (Å²) in [6.45, 7) is 0.923. The molecule has 3 heterocycles. The number of nitrogens with one attached hydrogen (secondary N) is 2. The van der Waals surface area contributed by atoms with Crippen molar-refractivity contribution in [3.05, 3.63) is 90.1 Å². The van der Waals surface area contributed by atoms with Crippen molar-refractivity contribution in [3.63, 3.8) is 0 Å². The smallest absolute Gasteiger partial charge is 0.287 e. The van der Waals surface area contributed by atoms with Gasteiger partial charge in [-0.3, -0.25) is 9.59 Å². The summed E-state index contributed by atoms with van der Waals surface area (Å²) >= 11 is 0. The van der Waals surface area contributed by atoms with Crippen LogP contribution in [0.5, 0.6) is 0 Å². The largest absolute Gasteiger partial charge is 0.459 e. The number of benzene rings is 2. The van der Waals surface area contributed by atoms with Crippen LogP contribution in [0.3, 0.4) is 0 Å². The monoisotopic (exact) mass is 469 g/mol. The minimum absolute atomic E-state index is 0.160. The van der Waals surface area contributed by atoms with E-state index in [2.05, 4.69) is 25.4 Å². The minimum atomic E-state index is -0.776. The number of carbonyl (C=O) groups excluding carboxylic acids is 2. The van der Waals surface area contributed by atoms with Gasteiger partial charge in [-0.25, -0.2) is 0 Å². The molecule has 0 unspecified atom stereocenters. The first-order valence-corrected chi connectivity index (χ1v) is 11.9. The Morgan fingerprint density at radius 3 is 2.54 bits per heavy atom. The molecule has 1 aliphatic heterocycles. The third-order valence-corrected chi connectivity index (χ3v) is 6.17. The number of hydrogen-bond acceptors (Lipinski definition) is 5. The van der Waals surface area contributed by atoms with E-state index in [9.17, 15) is 9.59 Å². The number of amides is 2. The van der Waals surface area contributed by atoms with Crippen molar-refractivity contribution in [2.75, 3.05) is 5.32 Å². The van der Waals surface area contributed by atoms with Gasteiger partial charge in [-0.1, -0.05) is 36.8 Å². The average Bonchev–Trinajstić information content (AvgIpc) is 3.50. The number of hydrogen-bond donors (Lipinski definition) is 2. The Kier molecular flexibility index (Phi) is 6.70. The molecule has 0 saturated carbocycles. The first-order chi connectivity index (χ1) is 17.2. The molecule has 8 heteroatoms. The number of aromatic nitrogens is 3. The van der Waals surface area contributed by atoms with Crippen molar-refractivity contribution < 1.29 is 14.0 Å². The molecule has 0 spiro atoms. The van der Waals surface area contributed by atoms with Gasteiger partial charge in [-0.15, -0.1) is 10.2 Å². The lowest BCUT2D eigenvalue weighted by molar-refractivity contribution is -0.118. The Bertz CT molecular complexity index is 1280. The van der Waals surface area contributed by atoms with Crippen LogP contribution >= 0.6 is 0 Å². The highest BCUT2D eigenvalue weighted by molar-refractivity contribution is 6.00. The summed E-state index contributed by atoms with van der Waals surface area (Å²) in [5.41, 5.74) is 2.53. The molecule has 1 atom stereocenters. The highest BCUT2D eigenvalue weighted by atomic mass is 16.3. The van der Waals surface area contributed by atoms with Gasteiger partial charge in [-0.05, 0) is 54.8 Å². The number of carbonyl (C=O) groups is 2. The number of fused-ring (bicyclic) bond motifs is 1. The third-order valence-electron chi connectivity index (χ3n) is 6.17. The molecule has 2 N–H and O–H groups in total. The second kappa shape index (κ2) is 10.4. The van der Waals surface area contributed by atoms with E-state index >= 15 is 0 Å². The van der Waals surface area contributed by atoms with Gasteiger partial charge < -0.3 is 19.6 Å². The quantitative estimate of drug-likeness (QED) is 0.421. The predicted octanol–water partition coefficient (Wildman–Crippen LogP) is 4.24. The molecule has 35 heavy (non-hydrogen) atoms. The van der Waals surface area contributed by atoms with E-state index in [-0.39, 0.29) is 11.7 Å². The average molecular weight is 470 g/mol. The Hall–Kier alpha value is -4.20. The molecule has 0 bridgehead atoms. The third kappa shape index (κ3) is 5.32. The maximum atomic E-state index is 13.2. The predicted molar refractivity (Wildman–Crippen MR) is 132 cm³/mol. The van der Waals surface area contributed by atoms with Crippen molar-refractivity contribution in [3.8, 4) is 11.4 Å². The van der Waals surface area contributed by atoms with Crippen LogP contribution in [0.4, 0.5) is 5.69 Å². The molecule has 0 fully saturated rings. The minimum Gasteiger partial charge on any atom is -0.459 e. The van der Waals surface area contributed by atoms with Gasteiger partial charge in [-0.2, -0.15) is 0 Å². The van der Waals surface area contributed by atoms with Crippen molar-refractivity contribution in [1.29, 1.82) is 0 Å². The molecule has 1 aliphatic rings. The molecule has 8 nitrogen and oxygen atoms in total. The fraction of sp³-hybridized carbons (Fsp3) is 0.259. The Morgan fingerprint density at radius 2 is 1.77 bits per heavy atom. The summed E-state index contributed by atoms with van der Waals surface area (Å²) in [5, 5.41) is 14.5. The zero-order chi connectivity index (χ0) is 24.0. The maximum absolute atomic E-state index is 13.2. The number of furan rings is 1. The molecular weight excluding hydrogens is 442 g/mol. The molecule has 2 aromatic carbocycles. The van der Waals surface area contributed by atoms with E-state index in [1.807, 2.05) is 54.6 Å². The van der Waals surface area contributed by atoms with Crippen molar-refractivity contribution >= 4 is 17.5 Å². The fourth-order valence-electron chi connectivity index (χ4n) is 4.33. The van der Waals surface area contributed by atoms with Gasteiger partial charge in [0.25, 0.3) is 5.91 Å². The van der Waals surface area contributed by atoms with Gasteiger partial charge in [0.2, 0.25) is 5.91 Å². The molecule has 2 amide bonds. The van der Waals surface area contributed by atoms with Crippen molar-refractivity contribution in [1.82, 2.24) is 20.1 Å². The van der Waals surface area contributed by atoms with Crippen LogP contribution in [0, 0.1) is 0 Å². The normalized spacial score (nSPS) is 13.9. The summed E-state index contributed by atoms with van der Waals surface area (Å²) < 4.78 is 7.38. The topological polar surface area (TPSA) is 102 Å².